The molecule has 0 amide bonds. The van der Waals surface area contributed by atoms with E-state index in [-0.39, 0.29) is 0 Å². The second kappa shape index (κ2) is 12.4. The molecule has 9 aromatic rings. The van der Waals surface area contributed by atoms with Crippen LogP contribution in [-0.4, -0.2) is 0 Å². The lowest BCUT2D eigenvalue weighted by Gasteiger charge is -2.27. The Labute approximate surface area is 295 Å². The van der Waals surface area contributed by atoms with Crippen LogP contribution in [0.1, 0.15) is 12.5 Å². The largest absolute Gasteiger partial charge is 0.456 e. The summed E-state index contributed by atoms with van der Waals surface area (Å²) in [6, 6.07) is 52.5. The number of nitrogens with zero attached hydrogens (tertiary/aromatic N) is 1. The highest BCUT2D eigenvalue weighted by Crippen LogP contribution is 2.46. The molecule has 0 aliphatic heterocycles. The van der Waals surface area contributed by atoms with Crippen LogP contribution in [0, 0.1) is 0 Å². The summed E-state index contributed by atoms with van der Waals surface area (Å²) in [5.74, 6) is 0. The molecule has 0 unspecified atom stereocenters. The standard InChI is InChI=1S/C47H33NOS/c1-3-4-5-13-31(2)41-30-36(25-26-37(41)34-23-27-45-42(29-34)38-16-8-10-20-44(38)49-45)48(35-24-22-32-14-6-7-15-33(32)28-35)43-19-12-18-40-39-17-9-11-21-46(39)50-47(40)43/h3-30H,1H2,2H3/b5-4-,31-13+. The van der Waals surface area contributed by atoms with Gasteiger partial charge in [-0.2, -0.15) is 0 Å². The van der Waals surface area contributed by atoms with Gasteiger partial charge in [-0.25, -0.2) is 0 Å². The summed E-state index contributed by atoms with van der Waals surface area (Å²) in [4.78, 5) is 2.43. The van der Waals surface area contributed by atoms with Crippen LogP contribution in [0.25, 0.3) is 69.6 Å². The van der Waals surface area contributed by atoms with E-state index in [4.69, 9.17) is 4.42 Å². The van der Waals surface area contributed by atoms with Crippen LogP contribution in [0.15, 0.2) is 181 Å². The molecule has 0 radical (unpaired) electrons. The highest BCUT2D eigenvalue weighted by molar-refractivity contribution is 7.26. The zero-order valence-corrected chi connectivity index (χ0v) is 28.5. The van der Waals surface area contributed by atoms with Crippen molar-refractivity contribution in [3.05, 3.63) is 182 Å². The number of rotatable bonds is 7. The Morgan fingerprint density at radius 1 is 0.620 bits per heavy atom. The summed E-state index contributed by atoms with van der Waals surface area (Å²) in [5, 5.41) is 7.25. The molecular formula is C47H33NOS. The van der Waals surface area contributed by atoms with Crippen molar-refractivity contribution in [1.82, 2.24) is 0 Å². The predicted octanol–water partition coefficient (Wildman–Crippen LogP) is 14.4. The minimum absolute atomic E-state index is 0.896. The van der Waals surface area contributed by atoms with Crippen LogP contribution in [0.3, 0.4) is 0 Å². The quantitative estimate of drug-likeness (QED) is 0.158. The van der Waals surface area contributed by atoms with E-state index in [0.717, 1.165) is 55.7 Å². The zero-order valence-electron chi connectivity index (χ0n) is 27.6. The van der Waals surface area contributed by atoms with Crippen molar-refractivity contribution in [3.63, 3.8) is 0 Å². The molecule has 0 saturated carbocycles. The van der Waals surface area contributed by atoms with Crippen molar-refractivity contribution >= 4 is 86.9 Å². The molecule has 0 bridgehead atoms. The van der Waals surface area contributed by atoms with Gasteiger partial charge in [0.2, 0.25) is 0 Å². The van der Waals surface area contributed by atoms with Crippen molar-refractivity contribution in [2.24, 2.45) is 0 Å². The van der Waals surface area contributed by atoms with E-state index in [9.17, 15) is 0 Å². The Morgan fingerprint density at radius 2 is 1.36 bits per heavy atom. The number of para-hydroxylation sites is 1. The second-order valence-electron chi connectivity index (χ2n) is 12.6. The highest BCUT2D eigenvalue weighted by atomic mass is 32.1. The summed E-state index contributed by atoms with van der Waals surface area (Å²) in [6.07, 6.45) is 8.01. The Morgan fingerprint density at radius 3 is 2.26 bits per heavy atom. The Kier molecular flexibility index (Phi) is 7.41. The number of fused-ring (bicyclic) bond motifs is 7. The lowest BCUT2D eigenvalue weighted by molar-refractivity contribution is 0.669. The van der Waals surface area contributed by atoms with E-state index in [2.05, 4.69) is 164 Å². The molecule has 0 aliphatic rings. The number of hydrogen-bond acceptors (Lipinski definition) is 3. The van der Waals surface area contributed by atoms with Crippen molar-refractivity contribution in [3.8, 4) is 11.1 Å². The predicted molar refractivity (Wildman–Crippen MR) is 217 cm³/mol. The zero-order chi connectivity index (χ0) is 33.6. The molecule has 7 aromatic carbocycles. The first-order chi connectivity index (χ1) is 24.7. The molecule has 50 heavy (non-hydrogen) atoms. The molecule has 2 aromatic heterocycles. The molecule has 238 valence electrons. The average molecular weight is 660 g/mol. The lowest BCUT2D eigenvalue weighted by atomic mass is 9.93. The van der Waals surface area contributed by atoms with Gasteiger partial charge in [0.05, 0.1) is 10.4 Å². The molecule has 0 N–H and O–H groups in total. The molecule has 0 aliphatic carbocycles. The normalized spacial score (nSPS) is 12.2. The van der Waals surface area contributed by atoms with Gasteiger partial charge >= 0.3 is 0 Å². The summed E-state index contributed by atoms with van der Waals surface area (Å²) in [7, 11) is 0. The maximum Gasteiger partial charge on any atom is 0.135 e. The maximum absolute atomic E-state index is 6.19. The van der Waals surface area contributed by atoms with E-state index in [1.165, 1.54) is 36.5 Å². The van der Waals surface area contributed by atoms with Crippen LogP contribution < -0.4 is 4.90 Å². The van der Waals surface area contributed by atoms with E-state index < -0.39 is 0 Å². The Bertz CT molecular complexity index is 2810. The van der Waals surface area contributed by atoms with Crippen molar-refractivity contribution < 1.29 is 4.42 Å². The van der Waals surface area contributed by atoms with Gasteiger partial charge < -0.3 is 9.32 Å². The first-order valence-corrected chi connectivity index (χ1v) is 17.7. The van der Waals surface area contributed by atoms with Gasteiger partial charge in [-0.1, -0.05) is 122 Å². The first kappa shape index (κ1) is 29.9. The number of allylic oxidation sites excluding steroid dienone is 5. The van der Waals surface area contributed by atoms with Gasteiger partial charge in [0, 0.05) is 37.6 Å². The number of benzene rings is 7. The van der Waals surface area contributed by atoms with Crippen LogP contribution >= 0.6 is 11.3 Å². The third-order valence-corrected chi connectivity index (χ3v) is 10.8. The second-order valence-corrected chi connectivity index (χ2v) is 13.7. The lowest BCUT2D eigenvalue weighted by Crippen LogP contribution is -2.10. The van der Waals surface area contributed by atoms with Crippen LogP contribution in [0.4, 0.5) is 17.1 Å². The van der Waals surface area contributed by atoms with Gasteiger partial charge in [-0.3, -0.25) is 0 Å². The van der Waals surface area contributed by atoms with Gasteiger partial charge in [-0.05, 0) is 94.6 Å². The van der Waals surface area contributed by atoms with E-state index in [1.54, 1.807) is 0 Å². The van der Waals surface area contributed by atoms with Crippen molar-refractivity contribution in [2.45, 2.75) is 6.92 Å². The summed E-state index contributed by atoms with van der Waals surface area (Å²) in [6.45, 7) is 6.07. The number of thiophene rings is 1. The van der Waals surface area contributed by atoms with Gasteiger partial charge in [0.15, 0.2) is 0 Å². The fourth-order valence-electron chi connectivity index (χ4n) is 7.16. The Balaban J connectivity index is 1.29. The van der Waals surface area contributed by atoms with E-state index >= 15 is 0 Å². The number of hydrogen-bond donors (Lipinski definition) is 0. The van der Waals surface area contributed by atoms with Crippen LogP contribution in [0.5, 0.6) is 0 Å². The van der Waals surface area contributed by atoms with Crippen LogP contribution in [0.2, 0.25) is 0 Å². The van der Waals surface area contributed by atoms with E-state index in [1.807, 2.05) is 35.6 Å². The van der Waals surface area contributed by atoms with Crippen LogP contribution in [-0.2, 0) is 0 Å². The molecule has 9 rings (SSSR count). The summed E-state index contributed by atoms with van der Waals surface area (Å²) in [5.41, 5.74) is 9.82. The summed E-state index contributed by atoms with van der Waals surface area (Å²) < 4.78 is 8.75. The summed E-state index contributed by atoms with van der Waals surface area (Å²) >= 11 is 1.86. The highest BCUT2D eigenvalue weighted by Gasteiger charge is 2.20. The maximum atomic E-state index is 6.19. The van der Waals surface area contributed by atoms with Gasteiger partial charge in [0.1, 0.15) is 11.2 Å². The van der Waals surface area contributed by atoms with Gasteiger partial charge in [0.25, 0.3) is 0 Å². The fourth-order valence-corrected chi connectivity index (χ4v) is 8.37. The molecule has 0 spiro atoms. The number of anilines is 3. The first-order valence-electron chi connectivity index (χ1n) is 16.9. The third kappa shape index (κ3) is 5.11. The SMILES string of the molecule is C=C/C=C\C=C(/C)c1cc(N(c2ccc3ccccc3c2)c2cccc3c2sc2ccccc23)ccc1-c1ccc2oc3ccccc3c2c1. The molecule has 2 heterocycles. The third-order valence-electron chi connectivity index (χ3n) is 9.58. The van der Waals surface area contributed by atoms with Crippen molar-refractivity contribution in [2.75, 3.05) is 4.90 Å². The molecule has 0 atom stereocenters. The number of furan rings is 1. The molecule has 0 saturated heterocycles. The van der Waals surface area contributed by atoms with Crippen molar-refractivity contribution in [1.29, 1.82) is 0 Å². The fraction of sp³-hybridized carbons (Fsp3) is 0.0213. The molecule has 2 nitrogen and oxygen atoms in total. The Hall–Kier alpha value is -6.16. The smallest absolute Gasteiger partial charge is 0.135 e. The molecule has 3 heteroatoms. The minimum Gasteiger partial charge on any atom is -0.456 e. The topological polar surface area (TPSA) is 16.4 Å². The average Bonchev–Trinajstić information content (AvgIpc) is 3.73. The van der Waals surface area contributed by atoms with Gasteiger partial charge in [-0.15, -0.1) is 11.3 Å². The minimum atomic E-state index is 0.896. The molecular weight excluding hydrogens is 627 g/mol. The molecule has 0 fully saturated rings. The van der Waals surface area contributed by atoms with E-state index in [0.29, 0.717) is 0 Å². The monoisotopic (exact) mass is 659 g/mol.